The summed E-state index contributed by atoms with van der Waals surface area (Å²) in [5.74, 6) is -0.243. The second kappa shape index (κ2) is 8.30. The van der Waals surface area contributed by atoms with E-state index >= 15 is 0 Å². The molecule has 142 valence electrons. The van der Waals surface area contributed by atoms with Crippen LogP contribution in [0.1, 0.15) is 56.0 Å². The van der Waals surface area contributed by atoms with Gasteiger partial charge in [-0.2, -0.15) is 0 Å². The highest BCUT2D eigenvalue weighted by Gasteiger charge is 2.32. The number of hydrogen-bond acceptors (Lipinski definition) is 3. The Labute approximate surface area is 166 Å². The van der Waals surface area contributed by atoms with Gasteiger partial charge in [-0.15, -0.1) is 11.8 Å². The summed E-state index contributed by atoms with van der Waals surface area (Å²) in [6.45, 7) is 6.94. The van der Waals surface area contributed by atoms with Crippen LogP contribution in [0, 0.1) is 0 Å². The molecule has 0 radical (unpaired) electrons. The van der Waals surface area contributed by atoms with Crippen LogP contribution in [0.25, 0.3) is 0 Å². The van der Waals surface area contributed by atoms with Gasteiger partial charge in [-0.3, -0.25) is 14.5 Å². The lowest BCUT2D eigenvalue weighted by molar-refractivity contribution is -0.127. The summed E-state index contributed by atoms with van der Waals surface area (Å²) in [7, 11) is 0. The molecular weight excluding hydrogens is 354 g/mol. The Morgan fingerprint density at radius 2 is 1.67 bits per heavy atom. The van der Waals surface area contributed by atoms with Crippen molar-refractivity contribution in [1.29, 1.82) is 0 Å². The molecule has 1 fully saturated rings. The van der Waals surface area contributed by atoms with Gasteiger partial charge in [0.2, 0.25) is 5.91 Å². The highest BCUT2D eigenvalue weighted by atomic mass is 32.2. The largest absolute Gasteiger partial charge is 0.278 e. The van der Waals surface area contributed by atoms with Crippen molar-refractivity contribution < 1.29 is 9.59 Å². The van der Waals surface area contributed by atoms with Crippen molar-refractivity contribution in [2.45, 2.75) is 55.6 Å². The molecule has 3 nitrogen and oxygen atoms in total. The fourth-order valence-corrected chi connectivity index (χ4v) is 4.41. The standard InChI is InChI=1S/C23H27NO2S/c1-23(2,3)18-14-12-17(13-15-18)21(25)24-16-8-7-11-20(22(24)26)27-19-9-5-4-6-10-19/h4-6,9-10,12-15,20H,7-8,11,16H2,1-3H3/t20-/m0/s1. The Hall–Kier alpha value is -2.07. The average Bonchev–Trinajstić information content (AvgIpc) is 2.83. The quantitative estimate of drug-likeness (QED) is 0.677. The smallest absolute Gasteiger partial charge is 0.260 e. The number of carbonyl (C=O) groups excluding carboxylic acids is 2. The Bertz CT molecular complexity index is 793. The molecule has 27 heavy (non-hydrogen) atoms. The third-order valence-corrected chi connectivity index (χ3v) is 6.17. The Balaban J connectivity index is 1.77. The van der Waals surface area contributed by atoms with E-state index in [9.17, 15) is 9.59 Å². The molecule has 0 bridgehead atoms. The molecule has 2 amide bonds. The van der Waals surface area contributed by atoms with Crippen LogP contribution < -0.4 is 0 Å². The first-order valence-electron chi connectivity index (χ1n) is 9.54. The minimum absolute atomic E-state index is 0.0391. The van der Waals surface area contributed by atoms with Gasteiger partial charge in [0.15, 0.2) is 0 Å². The van der Waals surface area contributed by atoms with Crippen LogP contribution in [0.2, 0.25) is 0 Å². The van der Waals surface area contributed by atoms with Crippen molar-refractivity contribution in [2.75, 3.05) is 6.54 Å². The molecule has 1 heterocycles. The lowest BCUT2D eigenvalue weighted by Crippen LogP contribution is -2.41. The maximum atomic E-state index is 13.1. The van der Waals surface area contributed by atoms with Crippen LogP contribution in [0.3, 0.4) is 0 Å². The average molecular weight is 382 g/mol. The molecule has 0 aromatic heterocycles. The number of likely N-dealkylation sites (tertiary alicyclic amines) is 1. The predicted molar refractivity (Wildman–Crippen MR) is 111 cm³/mol. The lowest BCUT2D eigenvalue weighted by atomic mass is 9.86. The maximum Gasteiger partial charge on any atom is 0.260 e. The summed E-state index contributed by atoms with van der Waals surface area (Å²) in [5, 5.41) is -0.201. The zero-order valence-electron chi connectivity index (χ0n) is 16.3. The molecule has 1 atom stereocenters. The van der Waals surface area contributed by atoms with E-state index in [-0.39, 0.29) is 22.5 Å². The van der Waals surface area contributed by atoms with E-state index in [1.165, 1.54) is 10.5 Å². The Morgan fingerprint density at radius 3 is 2.30 bits per heavy atom. The number of benzene rings is 2. The van der Waals surface area contributed by atoms with E-state index in [0.717, 1.165) is 24.2 Å². The van der Waals surface area contributed by atoms with Gasteiger partial charge < -0.3 is 0 Å². The number of nitrogens with zero attached hydrogens (tertiary/aromatic N) is 1. The summed E-state index contributed by atoms with van der Waals surface area (Å²) in [5.41, 5.74) is 1.80. The molecule has 1 saturated heterocycles. The van der Waals surface area contributed by atoms with Crippen LogP contribution in [-0.4, -0.2) is 28.5 Å². The minimum Gasteiger partial charge on any atom is -0.278 e. The molecule has 0 unspecified atom stereocenters. The minimum atomic E-state index is -0.201. The number of hydrogen-bond donors (Lipinski definition) is 0. The van der Waals surface area contributed by atoms with Crippen molar-refractivity contribution in [1.82, 2.24) is 4.90 Å². The van der Waals surface area contributed by atoms with Crippen LogP contribution in [-0.2, 0) is 10.2 Å². The molecule has 3 rings (SSSR count). The van der Waals surface area contributed by atoms with E-state index in [2.05, 4.69) is 20.8 Å². The van der Waals surface area contributed by atoms with Crippen molar-refractivity contribution in [3.8, 4) is 0 Å². The van der Waals surface area contributed by atoms with Gasteiger partial charge >= 0.3 is 0 Å². The molecular formula is C23H27NO2S. The fraction of sp³-hybridized carbons (Fsp3) is 0.391. The van der Waals surface area contributed by atoms with E-state index < -0.39 is 0 Å². The second-order valence-electron chi connectivity index (χ2n) is 8.04. The van der Waals surface area contributed by atoms with Crippen LogP contribution in [0.15, 0.2) is 59.5 Å². The topological polar surface area (TPSA) is 37.4 Å². The first-order valence-corrected chi connectivity index (χ1v) is 10.4. The second-order valence-corrected chi connectivity index (χ2v) is 9.31. The van der Waals surface area contributed by atoms with Crippen molar-refractivity contribution in [3.63, 3.8) is 0 Å². The predicted octanol–water partition coefficient (Wildman–Crippen LogP) is 5.30. The highest BCUT2D eigenvalue weighted by molar-refractivity contribution is 8.00. The van der Waals surface area contributed by atoms with Gasteiger partial charge in [-0.05, 0) is 48.1 Å². The number of imide groups is 1. The number of rotatable bonds is 3. The Kier molecular flexibility index (Phi) is 6.05. The van der Waals surface area contributed by atoms with Crippen molar-refractivity contribution >= 4 is 23.6 Å². The lowest BCUT2D eigenvalue weighted by Gasteiger charge is -2.23. The third kappa shape index (κ3) is 4.81. The molecule has 4 heteroatoms. The number of amides is 2. The van der Waals surface area contributed by atoms with E-state index in [4.69, 9.17) is 0 Å². The van der Waals surface area contributed by atoms with Gasteiger partial charge in [0.1, 0.15) is 0 Å². The van der Waals surface area contributed by atoms with Gasteiger partial charge in [0.25, 0.3) is 5.91 Å². The number of carbonyl (C=O) groups is 2. The first kappa shape index (κ1) is 19.7. The van der Waals surface area contributed by atoms with Gasteiger partial charge in [-0.1, -0.05) is 57.5 Å². The molecule has 2 aromatic rings. The molecule has 0 saturated carbocycles. The van der Waals surface area contributed by atoms with Crippen molar-refractivity contribution in [2.24, 2.45) is 0 Å². The maximum absolute atomic E-state index is 13.1. The summed E-state index contributed by atoms with van der Waals surface area (Å²) in [4.78, 5) is 28.6. The van der Waals surface area contributed by atoms with Crippen LogP contribution >= 0.6 is 11.8 Å². The first-order chi connectivity index (χ1) is 12.9. The summed E-state index contributed by atoms with van der Waals surface area (Å²) >= 11 is 1.56. The normalized spacial score (nSPS) is 18.3. The van der Waals surface area contributed by atoms with Gasteiger partial charge in [0, 0.05) is 17.0 Å². The SMILES string of the molecule is CC(C)(C)c1ccc(C(=O)N2CCCC[C@H](Sc3ccccc3)C2=O)cc1. The van der Waals surface area contributed by atoms with E-state index in [1.54, 1.807) is 11.8 Å². The Morgan fingerprint density at radius 1 is 1.00 bits per heavy atom. The van der Waals surface area contributed by atoms with Crippen LogP contribution in [0.5, 0.6) is 0 Å². The molecule has 0 N–H and O–H groups in total. The molecule has 2 aromatic carbocycles. The summed E-state index contributed by atoms with van der Waals surface area (Å²) in [6, 6.07) is 17.6. The van der Waals surface area contributed by atoms with Crippen LogP contribution in [0.4, 0.5) is 0 Å². The highest BCUT2D eigenvalue weighted by Crippen LogP contribution is 2.30. The zero-order chi connectivity index (χ0) is 19.4. The summed E-state index contributed by atoms with van der Waals surface area (Å²) < 4.78 is 0. The van der Waals surface area contributed by atoms with Gasteiger partial charge in [0.05, 0.1) is 5.25 Å². The third-order valence-electron chi connectivity index (χ3n) is 4.90. The fourth-order valence-electron chi connectivity index (χ4n) is 3.25. The number of thioether (sulfide) groups is 1. The van der Waals surface area contributed by atoms with E-state index in [1.807, 2.05) is 54.6 Å². The zero-order valence-corrected chi connectivity index (χ0v) is 17.1. The monoisotopic (exact) mass is 381 g/mol. The van der Waals surface area contributed by atoms with E-state index in [0.29, 0.717) is 12.1 Å². The molecule has 1 aliphatic heterocycles. The molecule has 0 aliphatic carbocycles. The van der Waals surface area contributed by atoms with Gasteiger partial charge in [-0.25, -0.2) is 0 Å². The summed E-state index contributed by atoms with van der Waals surface area (Å²) in [6.07, 6.45) is 2.64. The molecule has 0 spiro atoms. The molecule has 1 aliphatic rings. The van der Waals surface area contributed by atoms with Crippen molar-refractivity contribution in [3.05, 3.63) is 65.7 Å².